The number of hydrogen-bond acceptors (Lipinski definition) is 3. The molecule has 140 valence electrons. The summed E-state index contributed by atoms with van der Waals surface area (Å²) in [6.45, 7) is 2.23. The molecule has 3 N–H and O–H groups in total. The summed E-state index contributed by atoms with van der Waals surface area (Å²) in [5, 5.41) is 7.00. The number of nitrogens with one attached hydrogen (secondary N) is 3. The van der Waals surface area contributed by atoms with E-state index in [9.17, 15) is 27.6 Å². The maximum Gasteiger partial charge on any atom is 0.408 e. The molecule has 2 aliphatic heterocycles. The zero-order chi connectivity index (χ0) is 19.1. The Labute approximate surface area is 147 Å². The lowest BCUT2D eigenvalue weighted by molar-refractivity contribution is -0.171. The molecule has 1 saturated heterocycles. The van der Waals surface area contributed by atoms with E-state index in [-0.39, 0.29) is 12.8 Å². The molecule has 2 aliphatic rings. The quantitative estimate of drug-likeness (QED) is 0.686. The molecule has 3 unspecified atom stereocenters. The van der Waals surface area contributed by atoms with Crippen LogP contribution in [0.1, 0.15) is 35.6 Å². The van der Waals surface area contributed by atoms with Gasteiger partial charge < -0.3 is 16.0 Å². The average molecular weight is 369 g/mol. The summed E-state index contributed by atoms with van der Waals surface area (Å²) in [4.78, 5) is 36.5. The van der Waals surface area contributed by atoms with Gasteiger partial charge in [0.1, 0.15) is 18.0 Å². The lowest BCUT2D eigenvalue weighted by Crippen LogP contribution is -2.55. The molecular weight excluding hydrogens is 351 g/mol. The van der Waals surface area contributed by atoms with Gasteiger partial charge in [-0.25, -0.2) is 0 Å². The van der Waals surface area contributed by atoms with Crippen LogP contribution >= 0.6 is 0 Å². The van der Waals surface area contributed by atoms with Gasteiger partial charge in [0.15, 0.2) is 0 Å². The minimum absolute atomic E-state index is 0.225. The van der Waals surface area contributed by atoms with Gasteiger partial charge in [-0.05, 0) is 30.9 Å². The van der Waals surface area contributed by atoms with E-state index in [1.54, 1.807) is 12.1 Å². The van der Waals surface area contributed by atoms with E-state index >= 15 is 0 Å². The van der Waals surface area contributed by atoms with Gasteiger partial charge in [0, 0.05) is 6.54 Å². The molecule has 3 atom stereocenters. The number of carbonyl (C=O) groups is 3. The van der Waals surface area contributed by atoms with E-state index in [0.717, 1.165) is 11.1 Å². The van der Waals surface area contributed by atoms with E-state index in [2.05, 4.69) is 10.6 Å². The van der Waals surface area contributed by atoms with Gasteiger partial charge in [-0.15, -0.1) is 0 Å². The van der Waals surface area contributed by atoms with Crippen LogP contribution in [0.4, 0.5) is 13.2 Å². The first-order valence-corrected chi connectivity index (χ1v) is 8.21. The SMILES string of the molecule is Cc1ccc2c(c1)CNC(=O)C2NC(=O)C1CCC(C(F)(F)F)NC1=O. The summed E-state index contributed by atoms with van der Waals surface area (Å²) in [7, 11) is 0. The van der Waals surface area contributed by atoms with Crippen LogP contribution in [-0.2, 0) is 20.9 Å². The van der Waals surface area contributed by atoms with Crippen molar-refractivity contribution in [1.29, 1.82) is 0 Å². The Balaban J connectivity index is 1.73. The molecule has 3 amide bonds. The third-order valence-electron chi connectivity index (χ3n) is 4.70. The van der Waals surface area contributed by atoms with E-state index in [1.807, 2.05) is 18.3 Å². The summed E-state index contributed by atoms with van der Waals surface area (Å²) >= 11 is 0. The van der Waals surface area contributed by atoms with Crippen molar-refractivity contribution in [3.63, 3.8) is 0 Å². The molecule has 0 spiro atoms. The number of benzene rings is 1. The van der Waals surface area contributed by atoms with Crippen LogP contribution in [0.2, 0.25) is 0 Å². The number of halogens is 3. The predicted octanol–water partition coefficient (Wildman–Crippen LogP) is 1.24. The molecule has 3 rings (SSSR count). The average Bonchev–Trinajstić information content (AvgIpc) is 2.56. The molecule has 1 aromatic rings. The molecule has 0 aromatic heterocycles. The highest BCUT2D eigenvalue weighted by molar-refractivity contribution is 6.02. The summed E-state index contributed by atoms with van der Waals surface area (Å²) < 4.78 is 38.1. The second-order valence-electron chi connectivity index (χ2n) is 6.59. The van der Waals surface area contributed by atoms with Crippen LogP contribution in [0.3, 0.4) is 0 Å². The smallest absolute Gasteiger partial charge is 0.350 e. The fourth-order valence-corrected chi connectivity index (χ4v) is 3.29. The van der Waals surface area contributed by atoms with Crippen LogP contribution in [-0.4, -0.2) is 29.9 Å². The Bertz CT molecular complexity index is 763. The first-order chi connectivity index (χ1) is 12.2. The molecular formula is C17H18F3N3O3. The van der Waals surface area contributed by atoms with Crippen molar-refractivity contribution in [2.75, 3.05) is 0 Å². The topological polar surface area (TPSA) is 87.3 Å². The summed E-state index contributed by atoms with van der Waals surface area (Å²) in [6.07, 6.45) is -5.14. The van der Waals surface area contributed by atoms with Gasteiger partial charge in [-0.1, -0.05) is 23.8 Å². The highest BCUT2D eigenvalue weighted by atomic mass is 19.4. The Kier molecular flexibility index (Phi) is 4.64. The molecule has 1 fully saturated rings. The fourth-order valence-electron chi connectivity index (χ4n) is 3.29. The number of aryl methyl sites for hydroxylation is 1. The number of amides is 3. The molecule has 2 heterocycles. The van der Waals surface area contributed by atoms with Crippen molar-refractivity contribution in [2.45, 2.75) is 44.6 Å². The van der Waals surface area contributed by atoms with Gasteiger partial charge in [-0.3, -0.25) is 14.4 Å². The normalized spacial score (nSPS) is 25.8. The third-order valence-corrected chi connectivity index (χ3v) is 4.70. The highest BCUT2D eigenvalue weighted by Crippen LogP contribution is 2.29. The number of fused-ring (bicyclic) bond motifs is 1. The second kappa shape index (κ2) is 6.62. The first kappa shape index (κ1) is 18.2. The monoisotopic (exact) mass is 369 g/mol. The predicted molar refractivity (Wildman–Crippen MR) is 84.6 cm³/mol. The third kappa shape index (κ3) is 3.51. The van der Waals surface area contributed by atoms with E-state index < -0.39 is 41.9 Å². The Morgan fingerprint density at radius 1 is 1.19 bits per heavy atom. The minimum Gasteiger partial charge on any atom is -0.350 e. The van der Waals surface area contributed by atoms with Crippen molar-refractivity contribution in [3.05, 3.63) is 34.9 Å². The van der Waals surface area contributed by atoms with Crippen molar-refractivity contribution in [2.24, 2.45) is 5.92 Å². The van der Waals surface area contributed by atoms with Crippen molar-refractivity contribution >= 4 is 17.7 Å². The lowest BCUT2D eigenvalue weighted by atomic mass is 9.90. The molecule has 1 aromatic carbocycles. The summed E-state index contributed by atoms with van der Waals surface area (Å²) in [6, 6.07) is 2.50. The van der Waals surface area contributed by atoms with E-state index in [0.29, 0.717) is 12.1 Å². The first-order valence-electron chi connectivity index (χ1n) is 8.21. The number of hydrogen-bond donors (Lipinski definition) is 3. The summed E-state index contributed by atoms with van der Waals surface area (Å²) in [5.41, 5.74) is 2.46. The standard InChI is InChI=1S/C17H18F3N3O3/c1-8-2-3-10-9(6-8)7-21-16(26)13(10)23-15(25)11-4-5-12(17(18,19)20)22-14(11)24/h2-3,6,11-13H,4-5,7H2,1H3,(H,21,26)(H,22,24)(H,23,25). The lowest BCUT2D eigenvalue weighted by Gasteiger charge is -2.32. The van der Waals surface area contributed by atoms with Gasteiger partial charge >= 0.3 is 6.18 Å². The van der Waals surface area contributed by atoms with Crippen LogP contribution in [0, 0.1) is 12.8 Å². The Morgan fingerprint density at radius 3 is 2.58 bits per heavy atom. The number of alkyl halides is 3. The molecule has 26 heavy (non-hydrogen) atoms. The highest BCUT2D eigenvalue weighted by Gasteiger charge is 2.46. The molecule has 0 aliphatic carbocycles. The van der Waals surface area contributed by atoms with Crippen LogP contribution in [0.5, 0.6) is 0 Å². The zero-order valence-electron chi connectivity index (χ0n) is 13.9. The van der Waals surface area contributed by atoms with Gasteiger partial charge in [0.25, 0.3) is 0 Å². The maximum absolute atomic E-state index is 12.7. The van der Waals surface area contributed by atoms with E-state index in [4.69, 9.17) is 0 Å². The van der Waals surface area contributed by atoms with Crippen molar-refractivity contribution in [1.82, 2.24) is 16.0 Å². The zero-order valence-corrected chi connectivity index (χ0v) is 13.9. The van der Waals surface area contributed by atoms with Gasteiger partial charge in [0.05, 0.1) is 0 Å². The number of carbonyl (C=O) groups excluding carboxylic acids is 3. The largest absolute Gasteiger partial charge is 0.408 e. The van der Waals surface area contributed by atoms with Crippen molar-refractivity contribution in [3.8, 4) is 0 Å². The Hall–Kier alpha value is -2.58. The molecule has 9 heteroatoms. The molecule has 0 bridgehead atoms. The Morgan fingerprint density at radius 2 is 1.92 bits per heavy atom. The van der Waals surface area contributed by atoms with E-state index in [1.165, 1.54) is 0 Å². The summed E-state index contributed by atoms with van der Waals surface area (Å²) in [5.74, 6) is -3.40. The molecule has 0 radical (unpaired) electrons. The van der Waals surface area contributed by atoms with Gasteiger partial charge in [0.2, 0.25) is 17.7 Å². The van der Waals surface area contributed by atoms with Crippen molar-refractivity contribution < 1.29 is 27.6 Å². The number of piperidine rings is 1. The second-order valence-corrected chi connectivity index (χ2v) is 6.59. The van der Waals surface area contributed by atoms with Crippen LogP contribution in [0.15, 0.2) is 18.2 Å². The molecule has 6 nitrogen and oxygen atoms in total. The maximum atomic E-state index is 12.7. The van der Waals surface area contributed by atoms with Crippen LogP contribution < -0.4 is 16.0 Å². The molecule has 0 saturated carbocycles. The minimum atomic E-state index is -4.54. The fraction of sp³-hybridized carbons (Fsp3) is 0.471. The van der Waals surface area contributed by atoms with Crippen LogP contribution in [0.25, 0.3) is 0 Å². The van der Waals surface area contributed by atoms with Gasteiger partial charge in [-0.2, -0.15) is 13.2 Å². The number of rotatable bonds is 2.